The van der Waals surface area contributed by atoms with E-state index in [9.17, 15) is 9.59 Å². The van der Waals surface area contributed by atoms with Crippen LogP contribution in [0.5, 0.6) is 0 Å². The maximum atomic E-state index is 11.9. The summed E-state index contributed by atoms with van der Waals surface area (Å²) in [6.07, 6.45) is 2.48. The highest BCUT2D eigenvalue weighted by molar-refractivity contribution is 7.09. The summed E-state index contributed by atoms with van der Waals surface area (Å²) in [6.45, 7) is 2.00. The number of rotatable bonds is 5. The summed E-state index contributed by atoms with van der Waals surface area (Å²) in [5.41, 5.74) is 1.25. The van der Waals surface area contributed by atoms with Crippen LogP contribution in [0, 0.1) is 0 Å². The first-order chi connectivity index (χ1) is 9.65. The first-order valence-electron chi connectivity index (χ1n) is 6.19. The van der Waals surface area contributed by atoms with Crippen molar-refractivity contribution in [1.29, 1.82) is 0 Å². The third-order valence-electron chi connectivity index (χ3n) is 2.58. The SMILES string of the molecule is CC(=O)Nc1ccc(C(=O)NCCc2nccs2)cc1. The normalized spacial score (nSPS) is 10.1. The van der Waals surface area contributed by atoms with E-state index in [1.807, 2.05) is 5.38 Å². The number of nitrogens with one attached hydrogen (secondary N) is 2. The third-order valence-corrected chi connectivity index (χ3v) is 3.41. The van der Waals surface area contributed by atoms with Crippen LogP contribution in [0.1, 0.15) is 22.3 Å². The number of thiazole rings is 1. The number of hydrogen-bond acceptors (Lipinski definition) is 4. The van der Waals surface area contributed by atoms with Crippen LogP contribution in [-0.2, 0) is 11.2 Å². The molecule has 1 aromatic carbocycles. The highest BCUT2D eigenvalue weighted by Crippen LogP contribution is 2.09. The molecule has 0 saturated carbocycles. The number of carbonyl (C=O) groups excluding carboxylic acids is 2. The molecule has 0 bridgehead atoms. The second-order valence-electron chi connectivity index (χ2n) is 4.19. The van der Waals surface area contributed by atoms with Crippen molar-refractivity contribution in [3.63, 3.8) is 0 Å². The van der Waals surface area contributed by atoms with E-state index in [1.54, 1.807) is 41.8 Å². The molecule has 0 aliphatic heterocycles. The molecular formula is C14H15N3O2S. The summed E-state index contributed by atoms with van der Waals surface area (Å²) in [7, 11) is 0. The molecular weight excluding hydrogens is 274 g/mol. The van der Waals surface area contributed by atoms with E-state index in [2.05, 4.69) is 15.6 Å². The monoisotopic (exact) mass is 289 g/mol. The molecule has 6 heteroatoms. The van der Waals surface area contributed by atoms with Crippen LogP contribution < -0.4 is 10.6 Å². The number of anilines is 1. The fourth-order valence-corrected chi connectivity index (χ4v) is 2.29. The smallest absolute Gasteiger partial charge is 0.251 e. The van der Waals surface area contributed by atoms with Gasteiger partial charge in [-0.3, -0.25) is 9.59 Å². The molecule has 2 rings (SSSR count). The number of carbonyl (C=O) groups is 2. The number of amides is 2. The van der Waals surface area contributed by atoms with Crippen molar-refractivity contribution in [2.24, 2.45) is 0 Å². The van der Waals surface area contributed by atoms with Crippen LogP contribution in [0.2, 0.25) is 0 Å². The Morgan fingerprint density at radius 1 is 1.25 bits per heavy atom. The van der Waals surface area contributed by atoms with E-state index >= 15 is 0 Å². The van der Waals surface area contributed by atoms with Gasteiger partial charge in [-0.05, 0) is 24.3 Å². The molecule has 0 radical (unpaired) electrons. The minimum atomic E-state index is -0.134. The van der Waals surface area contributed by atoms with Gasteiger partial charge in [0.2, 0.25) is 5.91 Å². The van der Waals surface area contributed by atoms with Gasteiger partial charge in [0.1, 0.15) is 0 Å². The average molecular weight is 289 g/mol. The van der Waals surface area contributed by atoms with Gasteiger partial charge in [-0.1, -0.05) is 0 Å². The fourth-order valence-electron chi connectivity index (χ4n) is 1.67. The number of hydrogen-bond donors (Lipinski definition) is 2. The zero-order valence-corrected chi connectivity index (χ0v) is 11.9. The van der Waals surface area contributed by atoms with E-state index in [0.29, 0.717) is 17.8 Å². The Kier molecular flexibility index (Phi) is 4.84. The molecule has 1 heterocycles. The predicted molar refractivity (Wildman–Crippen MR) is 78.9 cm³/mol. The second kappa shape index (κ2) is 6.81. The molecule has 1 aromatic heterocycles. The van der Waals surface area contributed by atoms with Crippen molar-refractivity contribution in [1.82, 2.24) is 10.3 Å². The van der Waals surface area contributed by atoms with Crippen LogP contribution in [0.4, 0.5) is 5.69 Å². The van der Waals surface area contributed by atoms with Crippen molar-refractivity contribution >= 4 is 28.8 Å². The lowest BCUT2D eigenvalue weighted by molar-refractivity contribution is -0.114. The minimum absolute atomic E-state index is 0.129. The lowest BCUT2D eigenvalue weighted by atomic mass is 10.2. The van der Waals surface area contributed by atoms with Crippen LogP contribution in [0.15, 0.2) is 35.8 Å². The second-order valence-corrected chi connectivity index (χ2v) is 5.17. The van der Waals surface area contributed by atoms with Gasteiger partial charge in [0.15, 0.2) is 0 Å². The third kappa shape index (κ3) is 4.17. The minimum Gasteiger partial charge on any atom is -0.352 e. The van der Waals surface area contributed by atoms with Crippen LogP contribution in [-0.4, -0.2) is 23.3 Å². The maximum absolute atomic E-state index is 11.9. The molecule has 0 saturated heterocycles. The molecule has 104 valence electrons. The highest BCUT2D eigenvalue weighted by atomic mass is 32.1. The molecule has 0 atom stereocenters. The first-order valence-corrected chi connectivity index (χ1v) is 7.07. The quantitative estimate of drug-likeness (QED) is 0.885. The van der Waals surface area contributed by atoms with Crippen LogP contribution in [0.3, 0.4) is 0 Å². The molecule has 0 unspecified atom stereocenters. The van der Waals surface area contributed by atoms with Crippen molar-refractivity contribution < 1.29 is 9.59 Å². The largest absolute Gasteiger partial charge is 0.352 e. The maximum Gasteiger partial charge on any atom is 0.251 e. The Balaban J connectivity index is 1.84. The van der Waals surface area contributed by atoms with Gasteiger partial charge in [-0.15, -0.1) is 11.3 Å². The van der Waals surface area contributed by atoms with Gasteiger partial charge < -0.3 is 10.6 Å². The summed E-state index contributed by atoms with van der Waals surface area (Å²) >= 11 is 1.58. The van der Waals surface area contributed by atoms with Crippen molar-refractivity contribution in [3.05, 3.63) is 46.4 Å². The Morgan fingerprint density at radius 2 is 2.00 bits per heavy atom. The summed E-state index contributed by atoms with van der Waals surface area (Å²) < 4.78 is 0. The molecule has 0 spiro atoms. The Hall–Kier alpha value is -2.21. The number of benzene rings is 1. The lowest BCUT2D eigenvalue weighted by Crippen LogP contribution is -2.25. The van der Waals surface area contributed by atoms with Crippen LogP contribution >= 0.6 is 11.3 Å². The van der Waals surface area contributed by atoms with Gasteiger partial charge in [-0.25, -0.2) is 4.98 Å². The van der Waals surface area contributed by atoms with E-state index in [1.165, 1.54) is 6.92 Å². The zero-order valence-electron chi connectivity index (χ0n) is 11.1. The summed E-state index contributed by atoms with van der Waals surface area (Å²) in [6, 6.07) is 6.78. The fraction of sp³-hybridized carbons (Fsp3) is 0.214. The molecule has 20 heavy (non-hydrogen) atoms. The van der Waals surface area contributed by atoms with Gasteiger partial charge >= 0.3 is 0 Å². The Labute approximate surface area is 121 Å². The number of nitrogens with zero attached hydrogens (tertiary/aromatic N) is 1. The highest BCUT2D eigenvalue weighted by Gasteiger charge is 2.05. The van der Waals surface area contributed by atoms with Crippen molar-refractivity contribution in [3.8, 4) is 0 Å². The van der Waals surface area contributed by atoms with Gasteiger partial charge in [0, 0.05) is 42.7 Å². The summed E-state index contributed by atoms with van der Waals surface area (Å²) in [5.74, 6) is -0.262. The lowest BCUT2D eigenvalue weighted by Gasteiger charge is -2.06. The van der Waals surface area contributed by atoms with E-state index in [0.717, 1.165) is 11.4 Å². The van der Waals surface area contributed by atoms with Gasteiger partial charge in [0.05, 0.1) is 5.01 Å². The van der Waals surface area contributed by atoms with E-state index < -0.39 is 0 Å². The summed E-state index contributed by atoms with van der Waals surface area (Å²) in [4.78, 5) is 26.9. The Bertz CT molecular complexity index is 579. The molecule has 2 aromatic rings. The van der Waals surface area contributed by atoms with E-state index in [4.69, 9.17) is 0 Å². The Morgan fingerprint density at radius 3 is 2.60 bits per heavy atom. The molecule has 2 amide bonds. The van der Waals surface area contributed by atoms with Crippen molar-refractivity contribution in [2.75, 3.05) is 11.9 Å². The van der Waals surface area contributed by atoms with Crippen LogP contribution in [0.25, 0.3) is 0 Å². The molecule has 0 aliphatic rings. The van der Waals surface area contributed by atoms with Crippen molar-refractivity contribution in [2.45, 2.75) is 13.3 Å². The molecule has 2 N–H and O–H groups in total. The van der Waals surface area contributed by atoms with E-state index in [-0.39, 0.29) is 11.8 Å². The topological polar surface area (TPSA) is 71.1 Å². The molecule has 0 fully saturated rings. The van der Waals surface area contributed by atoms with Gasteiger partial charge in [0.25, 0.3) is 5.91 Å². The summed E-state index contributed by atoms with van der Waals surface area (Å²) in [5, 5.41) is 8.41. The van der Waals surface area contributed by atoms with Gasteiger partial charge in [-0.2, -0.15) is 0 Å². The predicted octanol–water partition coefficient (Wildman–Crippen LogP) is 2.07. The standard InChI is InChI=1S/C14H15N3O2S/c1-10(18)17-12-4-2-11(3-5-12)14(19)16-7-6-13-15-8-9-20-13/h2-5,8-9H,6-7H2,1H3,(H,16,19)(H,17,18). The average Bonchev–Trinajstić information content (AvgIpc) is 2.92. The zero-order chi connectivity index (χ0) is 14.4. The molecule has 5 nitrogen and oxygen atoms in total. The number of aromatic nitrogens is 1. The first kappa shape index (κ1) is 14.2. The molecule has 0 aliphatic carbocycles.